The predicted octanol–water partition coefficient (Wildman–Crippen LogP) is 5.83. The minimum Gasteiger partial charge on any atom is -0.444 e. The van der Waals surface area contributed by atoms with Crippen molar-refractivity contribution < 1.29 is 9.53 Å². The number of nitrogens with one attached hydrogen (secondary N) is 2. The van der Waals surface area contributed by atoms with Gasteiger partial charge in [-0.1, -0.05) is 36.9 Å². The molecule has 0 atom stereocenters. The van der Waals surface area contributed by atoms with Crippen LogP contribution in [0.5, 0.6) is 0 Å². The summed E-state index contributed by atoms with van der Waals surface area (Å²) in [7, 11) is 0. The van der Waals surface area contributed by atoms with Gasteiger partial charge in [-0.25, -0.2) is 9.78 Å². The average Bonchev–Trinajstić information content (AvgIpc) is 3.19. The molecule has 160 valence electrons. The van der Waals surface area contributed by atoms with Gasteiger partial charge >= 0.3 is 6.09 Å². The van der Waals surface area contributed by atoms with Gasteiger partial charge in [0.15, 0.2) is 5.13 Å². The summed E-state index contributed by atoms with van der Waals surface area (Å²) in [5.74, 6) is 0. The Bertz CT molecular complexity index is 1070. The number of ether oxygens (including phenoxy) is 1. The zero-order chi connectivity index (χ0) is 22.3. The molecule has 0 aliphatic carbocycles. The number of aromatic nitrogens is 2. The lowest BCUT2D eigenvalue weighted by atomic mass is 10.1. The molecular formula is C24H26N4O2S. The molecule has 7 heteroatoms. The largest absolute Gasteiger partial charge is 0.444 e. The minimum atomic E-state index is -0.537. The lowest BCUT2D eigenvalue weighted by Crippen LogP contribution is -2.34. The van der Waals surface area contributed by atoms with Gasteiger partial charge in [-0.3, -0.25) is 4.98 Å². The van der Waals surface area contributed by atoms with Crippen LogP contribution in [0.4, 0.5) is 9.93 Å². The van der Waals surface area contributed by atoms with E-state index in [2.05, 4.69) is 51.5 Å². The molecule has 6 nitrogen and oxygen atoms in total. The number of hydrogen-bond donors (Lipinski definition) is 2. The number of alkyl carbamates (subject to hydrolysis) is 1. The number of hydrogen-bond acceptors (Lipinski definition) is 6. The van der Waals surface area contributed by atoms with Crippen molar-refractivity contribution in [1.82, 2.24) is 15.3 Å². The van der Waals surface area contributed by atoms with E-state index in [1.165, 1.54) is 11.3 Å². The van der Waals surface area contributed by atoms with Crippen molar-refractivity contribution in [2.75, 3.05) is 11.9 Å². The summed E-state index contributed by atoms with van der Waals surface area (Å²) in [5, 5.41) is 8.51. The fourth-order valence-corrected chi connectivity index (χ4v) is 3.39. The van der Waals surface area contributed by atoms with Crippen LogP contribution in [-0.4, -0.2) is 28.2 Å². The molecule has 0 radical (unpaired) electrons. The van der Waals surface area contributed by atoms with Gasteiger partial charge in [0, 0.05) is 29.0 Å². The van der Waals surface area contributed by atoms with E-state index in [1.54, 1.807) is 12.4 Å². The van der Waals surface area contributed by atoms with Crippen molar-refractivity contribution in [3.8, 4) is 11.3 Å². The van der Waals surface area contributed by atoms with Crippen LogP contribution in [0.3, 0.4) is 0 Å². The number of nitrogens with zero attached hydrogens (tertiary/aromatic N) is 2. The Hall–Kier alpha value is -3.45. The molecule has 0 aliphatic rings. The van der Waals surface area contributed by atoms with Crippen LogP contribution < -0.4 is 10.6 Å². The average molecular weight is 435 g/mol. The third-order valence-corrected chi connectivity index (χ3v) is 4.75. The number of carbonyl (C=O) groups is 1. The van der Waals surface area contributed by atoms with Crippen LogP contribution in [0.15, 0.2) is 66.4 Å². The Labute approximate surface area is 186 Å². The number of thiazole rings is 1. The summed E-state index contributed by atoms with van der Waals surface area (Å²) in [4.78, 5) is 20.4. The number of amides is 1. The van der Waals surface area contributed by atoms with E-state index >= 15 is 0 Å². The first-order valence-corrected chi connectivity index (χ1v) is 10.7. The molecule has 1 amide bonds. The molecule has 1 aromatic carbocycles. The molecule has 3 rings (SSSR count). The van der Waals surface area contributed by atoms with Gasteiger partial charge in [0.1, 0.15) is 5.60 Å². The second-order valence-electron chi connectivity index (χ2n) is 7.86. The van der Waals surface area contributed by atoms with Crippen LogP contribution in [0, 0.1) is 0 Å². The molecular weight excluding hydrogens is 408 g/mol. The van der Waals surface area contributed by atoms with Gasteiger partial charge in [0.05, 0.1) is 12.2 Å². The first kappa shape index (κ1) is 22.2. The molecule has 0 fully saturated rings. The van der Waals surface area contributed by atoms with Crippen LogP contribution in [0.1, 0.15) is 31.9 Å². The molecule has 2 N–H and O–H groups in total. The summed E-state index contributed by atoms with van der Waals surface area (Å²) in [6.45, 7) is 9.65. The topological polar surface area (TPSA) is 76.1 Å². The normalized spacial score (nSPS) is 11.3. The second kappa shape index (κ2) is 10.0. The van der Waals surface area contributed by atoms with E-state index in [9.17, 15) is 4.79 Å². The fourth-order valence-electron chi connectivity index (χ4n) is 2.62. The predicted molar refractivity (Wildman–Crippen MR) is 128 cm³/mol. The Morgan fingerprint density at radius 2 is 1.90 bits per heavy atom. The SMILES string of the molecule is C=C(CNC(=O)OC(C)(C)C)Nc1nc(-c2cccc(/C=C/c3ccncc3)c2)cs1. The van der Waals surface area contributed by atoms with E-state index in [4.69, 9.17) is 4.74 Å². The molecule has 0 aliphatic heterocycles. The second-order valence-corrected chi connectivity index (χ2v) is 8.72. The van der Waals surface area contributed by atoms with E-state index < -0.39 is 11.7 Å². The lowest BCUT2D eigenvalue weighted by molar-refractivity contribution is 0.0533. The molecule has 2 aromatic heterocycles. The van der Waals surface area contributed by atoms with E-state index in [1.807, 2.05) is 50.4 Å². The summed E-state index contributed by atoms with van der Waals surface area (Å²) >= 11 is 1.48. The van der Waals surface area contributed by atoms with Gasteiger partial charge in [-0.2, -0.15) is 0 Å². The Kier molecular flexibility index (Phi) is 7.20. The lowest BCUT2D eigenvalue weighted by Gasteiger charge is -2.20. The van der Waals surface area contributed by atoms with Crippen molar-refractivity contribution >= 4 is 34.7 Å². The quantitative estimate of drug-likeness (QED) is 0.490. The monoisotopic (exact) mass is 434 g/mol. The maximum absolute atomic E-state index is 11.8. The molecule has 0 saturated carbocycles. The highest BCUT2D eigenvalue weighted by atomic mass is 32.1. The molecule has 3 aromatic rings. The molecule has 0 saturated heterocycles. The van der Waals surface area contributed by atoms with Crippen LogP contribution in [-0.2, 0) is 4.74 Å². The molecule has 0 bridgehead atoms. The third kappa shape index (κ3) is 7.38. The fraction of sp³-hybridized carbons (Fsp3) is 0.208. The first-order valence-electron chi connectivity index (χ1n) is 9.84. The van der Waals surface area contributed by atoms with Gasteiger partial charge in [-0.05, 0) is 50.1 Å². The Morgan fingerprint density at radius 1 is 1.16 bits per heavy atom. The highest BCUT2D eigenvalue weighted by Crippen LogP contribution is 2.26. The van der Waals surface area contributed by atoms with Crippen LogP contribution in [0.25, 0.3) is 23.4 Å². The summed E-state index contributed by atoms with van der Waals surface area (Å²) in [6.07, 6.45) is 7.19. The Balaban J connectivity index is 1.58. The zero-order valence-electron chi connectivity index (χ0n) is 17.9. The zero-order valence-corrected chi connectivity index (χ0v) is 18.7. The molecule has 31 heavy (non-hydrogen) atoms. The highest BCUT2D eigenvalue weighted by molar-refractivity contribution is 7.14. The van der Waals surface area contributed by atoms with E-state index in [-0.39, 0.29) is 6.54 Å². The maximum Gasteiger partial charge on any atom is 0.407 e. The number of rotatable bonds is 7. The van der Waals surface area contributed by atoms with E-state index in [0.29, 0.717) is 10.8 Å². The Morgan fingerprint density at radius 3 is 2.65 bits per heavy atom. The summed E-state index contributed by atoms with van der Waals surface area (Å²) in [6, 6.07) is 12.1. The van der Waals surface area contributed by atoms with Crippen molar-refractivity contribution in [3.05, 3.63) is 77.6 Å². The van der Waals surface area contributed by atoms with Gasteiger partial charge in [-0.15, -0.1) is 11.3 Å². The maximum atomic E-state index is 11.8. The van der Waals surface area contributed by atoms with Crippen molar-refractivity contribution in [2.45, 2.75) is 26.4 Å². The third-order valence-electron chi connectivity index (χ3n) is 3.99. The van der Waals surface area contributed by atoms with Crippen molar-refractivity contribution in [1.29, 1.82) is 0 Å². The number of benzene rings is 1. The highest BCUT2D eigenvalue weighted by Gasteiger charge is 2.16. The minimum absolute atomic E-state index is 0.249. The number of pyridine rings is 1. The number of carbonyl (C=O) groups excluding carboxylic acids is 1. The van der Waals surface area contributed by atoms with Crippen LogP contribution in [0.2, 0.25) is 0 Å². The molecule has 2 heterocycles. The van der Waals surface area contributed by atoms with Crippen LogP contribution >= 0.6 is 11.3 Å². The van der Waals surface area contributed by atoms with Gasteiger partial charge in [0.2, 0.25) is 0 Å². The summed E-state index contributed by atoms with van der Waals surface area (Å²) in [5.41, 5.74) is 4.17. The van der Waals surface area contributed by atoms with Crippen molar-refractivity contribution in [2.24, 2.45) is 0 Å². The standard InChI is InChI=1S/C24H26N4O2S/c1-17(15-26-23(29)30-24(2,3)4)27-22-28-21(16-31-22)20-7-5-6-19(14-20)9-8-18-10-12-25-13-11-18/h5-14,16H,1,15H2,2-4H3,(H,26,29)(H,27,28)/b9-8+. The van der Waals surface area contributed by atoms with Gasteiger partial charge < -0.3 is 15.4 Å². The number of anilines is 1. The van der Waals surface area contributed by atoms with Crippen molar-refractivity contribution in [3.63, 3.8) is 0 Å². The molecule has 0 spiro atoms. The van der Waals surface area contributed by atoms with E-state index in [0.717, 1.165) is 22.4 Å². The smallest absolute Gasteiger partial charge is 0.407 e. The summed E-state index contributed by atoms with van der Waals surface area (Å²) < 4.78 is 5.22. The molecule has 0 unspecified atom stereocenters. The van der Waals surface area contributed by atoms with Gasteiger partial charge in [0.25, 0.3) is 0 Å². The first-order chi connectivity index (χ1) is 14.8.